The van der Waals surface area contributed by atoms with Crippen LogP contribution in [0.4, 0.5) is 10.1 Å². The smallest absolute Gasteiger partial charge is 0.248 e. The maximum atomic E-state index is 13.2. The molecule has 1 amide bonds. The molecular weight excluding hydrogens is 399 g/mol. The summed E-state index contributed by atoms with van der Waals surface area (Å²) in [5.41, 5.74) is 0.831. The highest BCUT2D eigenvalue weighted by Crippen LogP contribution is 2.28. The van der Waals surface area contributed by atoms with Gasteiger partial charge in [0.1, 0.15) is 16.5 Å². The molecule has 1 fully saturated rings. The molecule has 7 nitrogen and oxygen atoms in total. The molecule has 0 atom stereocenters. The molecule has 0 radical (unpaired) electrons. The van der Waals surface area contributed by atoms with Crippen LogP contribution in [0.25, 0.3) is 6.08 Å². The second-order valence-corrected chi connectivity index (χ2v) is 8.17. The molecule has 1 N–H and O–H groups in total. The Kier molecular flexibility index (Phi) is 6.63. The molecule has 2 aromatic carbocycles. The van der Waals surface area contributed by atoms with Crippen LogP contribution in [0.15, 0.2) is 53.4 Å². The molecule has 2 aromatic rings. The zero-order valence-corrected chi connectivity index (χ0v) is 16.6. The van der Waals surface area contributed by atoms with Crippen molar-refractivity contribution in [1.82, 2.24) is 4.31 Å². The number of methoxy groups -OCH3 is 1. The van der Waals surface area contributed by atoms with Gasteiger partial charge in [-0.25, -0.2) is 12.8 Å². The van der Waals surface area contributed by atoms with Crippen LogP contribution < -0.4 is 10.1 Å². The van der Waals surface area contributed by atoms with Gasteiger partial charge in [-0.2, -0.15) is 4.31 Å². The van der Waals surface area contributed by atoms with Gasteiger partial charge in [0.2, 0.25) is 15.9 Å². The van der Waals surface area contributed by atoms with Crippen LogP contribution in [0.2, 0.25) is 0 Å². The molecule has 1 heterocycles. The molecule has 3 rings (SSSR count). The van der Waals surface area contributed by atoms with E-state index in [1.54, 1.807) is 12.1 Å². The van der Waals surface area contributed by atoms with Gasteiger partial charge in [-0.1, -0.05) is 12.1 Å². The summed E-state index contributed by atoms with van der Waals surface area (Å²) in [5.74, 6) is -0.707. The maximum absolute atomic E-state index is 13.2. The van der Waals surface area contributed by atoms with Crippen molar-refractivity contribution in [1.29, 1.82) is 0 Å². The predicted octanol–water partition coefficient (Wildman–Crippen LogP) is 2.51. The monoisotopic (exact) mass is 420 g/mol. The van der Waals surface area contributed by atoms with Crippen LogP contribution in [-0.4, -0.2) is 52.0 Å². The highest BCUT2D eigenvalue weighted by molar-refractivity contribution is 7.89. The second-order valence-electron chi connectivity index (χ2n) is 6.26. The average molecular weight is 420 g/mol. The molecule has 0 spiro atoms. The van der Waals surface area contributed by atoms with Crippen molar-refractivity contribution in [3.63, 3.8) is 0 Å². The number of rotatable bonds is 6. The Bertz CT molecular complexity index is 1020. The van der Waals surface area contributed by atoms with E-state index in [1.807, 2.05) is 0 Å². The van der Waals surface area contributed by atoms with Gasteiger partial charge in [0.15, 0.2) is 0 Å². The summed E-state index contributed by atoms with van der Waals surface area (Å²) in [4.78, 5) is 12.1. The van der Waals surface area contributed by atoms with Crippen molar-refractivity contribution < 1.29 is 27.1 Å². The minimum Gasteiger partial charge on any atom is -0.495 e. The largest absolute Gasteiger partial charge is 0.495 e. The molecule has 0 unspecified atom stereocenters. The van der Waals surface area contributed by atoms with Crippen LogP contribution in [0.3, 0.4) is 0 Å². The van der Waals surface area contributed by atoms with Crippen molar-refractivity contribution in [2.75, 3.05) is 38.7 Å². The number of carbonyl (C=O) groups is 1. The Balaban J connectivity index is 1.80. The first-order chi connectivity index (χ1) is 13.9. The fourth-order valence-corrected chi connectivity index (χ4v) is 4.45. The minimum absolute atomic E-state index is 0.0228. The Labute approximate surface area is 168 Å². The number of nitrogens with zero attached hydrogens (tertiary/aromatic N) is 1. The van der Waals surface area contributed by atoms with E-state index in [9.17, 15) is 17.6 Å². The Morgan fingerprint density at radius 1 is 1.21 bits per heavy atom. The van der Waals surface area contributed by atoms with E-state index < -0.39 is 21.7 Å². The lowest BCUT2D eigenvalue weighted by Crippen LogP contribution is -2.40. The average Bonchev–Trinajstić information content (AvgIpc) is 2.72. The van der Waals surface area contributed by atoms with Crippen molar-refractivity contribution in [2.45, 2.75) is 4.90 Å². The zero-order chi connectivity index (χ0) is 20.9. The molecule has 1 saturated heterocycles. The third-order valence-corrected chi connectivity index (χ3v) is 6.21. The van der Waals surface area contributed by atoms with Crippen molar-refractivity contribution in [3.05, 3.63) is 59.9 Å². The number of halogens is 1. The number of nitrogens with one attached hydrogen (secondary N) is 1. The summed E-state index contributed by atoms with van der Waals surface area (Å²) in [6.45, 7) is 1.20. The molecule has 0 saturated carbocycles. The van der Waals surface area contributed by atoms with E-state index >= 15 is 0 Å². The molecule has 9 heteroatoms. The van der Waals surface area contributed by atoms with E-state index in [-0.39, 0.29) is 23.7 Å². The topological polar surface area (TPSA) is 84.9 Å². The van der Waals surface area contributed by atoms with E-state index in [2.05, 4.69) is 5.32 Å². The van der Waals surface area contributed by atoms with Crippen molar-refractivity contribution in [3.8, 4) is 5.75 Å². The zero-order valence-electron chi connectivity index (χ0n) is 15.8. The Morgan fingerprint density at radius 2 is 1.97 bits per heavy atom. The summed E-state index contributed by atoms with van der Waals surface area (Å²) in [5, 5.41) is 2.54. The highest BCUT2D eigenvalue weighted by atomic mass is 32.2. The summed E-state index contributed by atoms with van der Waals surface area (Å²) in [6, 6.07) is 10.2. The highest BCUT2D eigenvalue weighted by Gasteiger charge is 2.29. The van der Waals surface area contributed by atoms with E-state index in [1.165, 1.54) is 53.9 Å². The molecule has 1 aliphatic heterocycles. The quantitative estimate of drug-likeness (QED) is 0.726. The molecular formula is C20H21FN2O5S. The van der Waals surface area contributed by atoms with Gasteiger partial charge >= 0.3 is 0 Å². The second kappa shape index (κ2) is 9.17. The van der Waals surface area contributed by atoms with Gasteiger partial charge in [0, 0.05) is 24.9 Å². The van der Waals surface area contributed by atoms with E-state index in [4.69, 9.17) is 9.47 Å². The lowest BCUT2D eigenvalue weighted by atomic mass is 10.2. The molecule has 0 aliphatic carbocycles. The fraction of sp³-hybridized carbons (Fsp3) is 0.250. The van der Waals surface area contributed by atoms with E-state index in [0.29, 0.717) is 24.5 Å². The minimum atomic E-state index is -3.77. The third-order valence-electron chi connectivity index (χ3n) is 4.29. The maximum Gasteiger partial charge on any atom is 0.248 e. The van der Waals surface area contributed by atoms with Crippen LogP contribution in [0.5, 0.6) is 5.75 Å². The standard InChI is InChI=1S/C20H21FN2O5S/c1-27-18-7-5-15(6-8-20(24)22-17-4-2-3-16(21)14-17)13-19(18)29(25,26)23-9-11-28-12-10-23/h2-8,13-14H,9-12H2,1H3,(H,22,24)/b8-6+. The van der Waals surface area contributed by atoms with Gasteiger partial charge < -0.3 is 14.8 Å². The summed E-state index contributed by atoms with van der Waals surface area (Å²) in [6.07, 6.45) is 2.73. The van der Waals surface area contributed by atoms with Crippen LogP contribution in [0.1, 0.15) is 5.56 Å². The van der Waals surface area contributed by atoms with E-state index in [0.717, 1.165) is 0 Å². The fourth-order valence-electron chi connectivity index (χ4n) is 2.85. The lowest BCUT2D eigenvalue weighted by molar-refractivity contribution is -0.111. The summed E-state index contributed by atoms with van der Waals surface area (Å²) >= 11 is 0. The van der Waals surface area contributed by atoms with Gasteiger partial charge in [0.25, 0.3) is 0 Å². The summed E-state index contributed by atoms with van der Waals surface area (Å²) in [7, 11) is -2.37. The molecule has 29 heavy (non-hydrogen) atoms. The van der Waals surface area contributed by atoms with Crippen LogP contribution in [0, 0.1) is 5.82 Å². The number of benzene rings is 2. The molecule has 154 valence electrons. The van der Waals surface area contributed by atoms with Gasteiger partial charge in [-0.15, -0.1) is 0 Å². The van der Waals surface area contributed by atoms with Gasteiger partial charge in [-0.3, -0.25) is 4.79 Å². The Hall–Kier alpha value is -2.75. The third kappa shape index (κ3) is 5.20. The Morgan fingerprint density at radius 3 is 2.66 bits per heavy atom. The first-order valence-corrected chi connectivity index (χ1v) is 10.3. The van der Waals surface area contributed by atoms with Crippen molar-refractivity contribution in [2.24, 2.45) is 0 Å². The molecule has 0 aromatic heterocycles. The number of sulfonamides is 1. The normalized spacial score (nSPS) is 15.4. The van der Waals surface area contributed by atoms with Crippen molar-refractivity contribution >= 4 is 27.7 Å². The molecule has 0 bridgehead atoms. The molecule has 1 aliphatic rings. The van der Waals surface area contributed by atoms with Crippen LogP contribution >= 0.6 is 0 Å². The number of anilines is 1. The summed E-state index contributed by atoms with van der Waals surface area (Å²) < 4.78 is 50.9. The van der Waals surface area contributed by atoms with Gasteiger partial charge in [0.05, 0.1) is 20.3 Å². The first kappa shape index (κ1) is 21.0. The predicted molar refractivity (Wildman–Crippen MR) is 107 cm³/mol. The number of ether oxygens (including phenoxy) is 2. The van der Waals surface area contributed by atoms with Crippen LogP contribution in [-0.2, 0) is 19.6 Å². The number of amides is 1. The number of hydrogen-bond donors (Lipinski definition) is 1. The number of hydrogen-bond acceptors (Lipinski definition) is 5. The van der Waals surface area contributed by atoms with Gasteiger partial charge in [-0.05, 0) is 42.0 Å². The first-order valence-electron chi connectivity index (χ1n) is 8.91. The number of morpholine rings is 1. The number of carbonyl (C=O) groups excluding carboxylic acids is 1. The SMILES string of the molecule is COc1ccc(/C=C/C(=O)Nc2cccc(F)c2)cc1S(=O)(=O)N1CCOCC1. The lowest BCUT2D eigenvalue weighted by Gasteiger charge is -2.26.